The summed E-state index contributed by atoms with van der Waals surface area (Å²) in [5.41, 5.74) is 2.36. The van der Waals surface area contributed by atoms with Crippen LogP contribution in [0.3, 0.4) is 0 Å². The maximum Gasteiger partial charge on any atom is 0.227 e. The molecule has 0 bridgehead atoms. The Morgan fingerprint density at radius 2 is 1.58 bits per heavy atom. The van der Waals surface area contributed by atoms with Crippen molar-refractivity contribution in [3.63, 3.8) is 0 Å². The van der Waals surface area contributed by atoms with Gasteiger partial charge in [-0.15, -0.1) is 0 Å². The average molecular weight is 345 g/mol. The Morgan fingerprint density at radius 1 is 0.846 bits per heavy atom. The van der Waals surface area contributed by atoms with Gasteiger partial charge in [0.15, 0.2) is 0 Å². The molecule has 1 amide bonds. The second-order valence-electron chi connectivity index (χ2n) is 6.87. The number of aromatic nitrogens is 1. The van der Waals surface area contributed by atoms with Gasteiger partial charge in [-0.1, -0.05) is 42.5 Å². The first kappa shape index (κ1) is 16.7. The highest BCUT2D eigenvalue weighted by atomic mass is 16.2. The molecule has 0 unspecified atom stereocenters. The van der Waals surface area contributed by atoms with E-state index in [1.807, 2.05) is 29.4 Å². The highest BCUT2D eigenvalue weighted by Gasteiger charge is 2.21. The summed E-state index contributed by atoms with van der Waals surface area (Å²) >= 11 is 0. The van der Waals surface area contributed by atoms with E-state index in [4.69, 9.17) is 0 Å². The molecule has 3 aromatic rings. The lowest BCUT2D eigenvalue weighted by atomic mass is 10.0. The quantitative estimate of drug-likeness (QED) is 0.729. The molecule has 0 radical (unpaired) electrons. The highest BCUT2D eigenvalue weighted by molar-refractivity contribution is 5.85. The van der Waals surface area contributed by atoms with Crippen molar-refractivity contribution in [2.24, 2.45) is 0 Å². The molecule has 4 nitrogen and oxygen atoms in total. The molecule has 1 aliphatic heterocycles. The third-order valence-electron chi connectivity index (χ3n) is 5.05. The first-order valence-corrected chi connectivity index (χ1v) is 9.15. The Balaban J connectivity index is 1.33. The molecule has 2 aromatic carbocycles. The normalized spacial score (nSPS) is 15.3. The fourth-order valence-electron chi connectivity index (χ4n) is 3.54. The van der Waals surface area contributed by atoms with Gasteiger partial charge in [0.2, 0.25) is 5.91 Å². The molecule has 0 atom stereocenters. The number of carbonyl (C=O) groups excluding carboxylic acids is 1. The van der Waals surface area contributed by atoms with Gasteiger partial charge in [-0.25, -0.2) is 0 Å². The van der Waals surface area contributed by atoms with Crippen molar-refractivity contribution in [3.8, 4) is 0 Å². The first-order valence-electron chi connectivity index (χ1n) is 9.15. The van der Waals surface area contributed by atoms with E-state index in [9.17, 15) is 4.79 Å². The van der Waals surface area contributed by atoms with E-state index < -0.39 is 0 Å². The predicted molar refractivity (Wildman–Crippen MR) is 104 cm³/mol. The number of hydrogen-bond donors (Lipinski definition) is 0. The van der Waals surface area contributed by atoms with E-state index >= 15 is 0 Å². The summed E-state index contributed by atoms with van der Waals surface area (Å²) in [7, 11) is 0. The Hall–Kier alpha value is -2.72. The molecule has 1 aliphatic rings. The number of hydrogen-bond acceptors (Lipinski definition) is 3. The lowest BCUT2D eigenvalue weighted by Gasteiger charge is -2.34. The lowest BCUT2D eigenvalue weighted by Crippen LogP contribution is -2.48. The molecule has 4 heteroatoms. The van der Waals surface area contributed by atoms with Crippen molar-refractivity contribution < 1.29 is 4.79 Å². The zero-order valence-electron chi connectivity index (χ0n) is 14.8. The maximum atomic E-state index is 12.7. The molecular weight excluding hydrogens is 322 g/mol. The first-order chi connectivity index (χ1) is 12.8. The zero-order valence-corrected chi connectivity index (χ0v) is 14.8. The number of carbonyl (C=O) groups is 1. The van der Waals surface area contributed by atoms with Gasteiger partial charge < -0.3 is 4.90 Å². The van der Waals surface area contributed by atoms with Crippen molar-refractivity contribution in [2.45, 2.75) is 13.0 Å². The summed E-state index contributed by atoms with van der Waals surface area (Å²) in [5.74, 6) is 0.226. The summed E-state index contributed by atoms with van der Waals surface area (Å²) < 4.78 is 0. The van der Waals surface area contributed by atoms with Gasteiger partial charge in [0.1, 0.15) is 0 Å². The Morgan fingerprint density at radius 3 is 2.35 bits per heavy atom. The van der Waals surface area contributed by atoms with Gasteiger partial charge in [0.25, 0.3) is 0 Å². The number of amides is 1. The second kappa shape index (κ2) is 7.67. The van der Waals surface area contributed by atoms with Crippen LogP contribution in [0.5, 0.6) is 0 Å². The molecule has 1 saturated heterocycles. The van der Waals surface area contributed by atoms with Crippen molar-refractivity contribution >= 4 is 16.7 Å². The number of pyridine rings is 1. The smallest absolute Gasteiger partial charge is 0.227 e. The zero-order chi connectivity index (χ0) is 17.8. The Kier molecular flexibility index (Phi) is 4.93. The molecule has 1 fully saturated rings. The van der Waals surface area contributed by atoms with E-state index in [2.05, 4.69) is 52.3 Å². The van der Waals surface area contributed by atoms with Crippen LogP contribution in [0, 0.1) is 0 Å². The molecule has 1 aromatic heterocycles. The minimum absolute atomic E-state index is 0.226. The summed E-state index contributed by atoms with van der Waals surface area (Å²) in [6, 6.07) is 18.7. The molecule has 2 heterocycles. The standard InChI is InChI=1S/C22H23N3O/c26-22(16-19-5-6-20-3-1-2-4-21(20)15-19)25-13-11-24(12-14-25)17-18-7-9-23-10-8-18/h1-10,15H,11-14,16-17H2. The van der Waals surface area contributed by atoms with Crippen LogP contribution < -0.4 is 0 Å². The number of rotatable bonds is 4. The summed E-state index contributed by atoms with van der Waals surface area (Å²) in [6.07, 6.45) is 4.15. The molecule has 0 aliphatic carbocycles. The monoisotopic (exact) mass is 345 g/mol. The fraction of sp³-hybridized carbons (Fsp3) is 0.273. The summed E-state index contributed by atoms with van der Waals surface area (Å²) in [5, 5.41) is 2.41. The van der Waals surface area contributed by atoms with Crippen LogP contribution in [0.4, 0.5) is 0 Å². The molecular formula is C22H23N3O. The minimum atomic E-state index is 0.226. The van der Waals surface area contributed by atoms with Crippen LogP contribution in [-0.4, -0.2) is 46.9 Å². The van der Waals surface area contributed by atoms with Gasteiger partial charge in [-0.3, -0.25) is 14.7 Å². The van der Waals surface area contributed by atoms with Crippen molar-refractivity contribution in [3.05, 3.63) is 78.1 Å². The number of nitrogens with zero attached hydrogens (tertiary/aromatic N) is 3. The van der Waals surface area contributed by atoms with E-state index in [0.717, 1.165) is 38.3 Å². The van der Waals surface area contributed by atoms with Gasteiger partial charge in [-0.05, 0) is 34.0 Å². The third-order valence-corrected chi connectivity index (χ3v) is 5.05. The van der Waals surface area contributed by atoms with Gasteiger partial charge >= 0.3 is 0 Å². The van der Waals surface area contributed by atoms with Crippen molar-refractivity contribution in [1.82, 2.24) is 14.8 Å². The maximum absolute atomic E-state index is 12.7. The molecule has 132 valence electrons. The summed E-state index contributed by atoms with van der Waals surface area (Å²) in [6.45, 7) is 4.38. The Bertz CT molecular complexity index is 886. The van der Waals surface area contributed by atoms with E-state index in [1.54, 1.807) is 0 Å². The molecule has 0 spiro atoms. The SMILES string of the molecule is O=C(Cc1ccc2ccccc2c1)N1CCN(Cc2ccncc2)CC1. The van der Waals surface area contributed by atoms with Crippen LogP contribution in [0.2, 0.25) is 0 Å². The largest absolute Gasteiger partial charge is 0.340 e. The number of benzene rings is 2. The van der Waals surface area contributed by atoms with Crippen LogP contribution in [0.15, 0.2) is 67.0 Å². The van der Waals surface area contributed by atoms with E-state index in [0.29, 0.717) is 6.42 Å². The van der Waals surface area contributed by atoms with Crippen LogP contribution in [0.1, 0.15) is 11.1 Å². The Labute approximate surface area is 154 Å². The molecule has 26 heavy (non-hydrogen) atoms. The molecule has 0 saturated carbocycles. The average Bonchev–Trinajstić information content (AvgIpc) is 2.69. The van der Waals surface area contributed by atoms with Crippen LogP contribution in [0.25, 0.3) is 10.8 Å². The van der Waals surface area contributed by atoms with Crippen LogP contribution >= 0.6 is 0 Å². The van der Waals surface area contributed by atoms with E-state index in [-0.39, 0.29) is 5.91 Å². The van der Waals surface area contributed by atoms with Gasteiger partial charge in [0, 0.05) is 45.1 Å². The van der Waals surface area contributed by atoms with Crippen molar-refractivity contribution in [1.29, 1.82) is 0 Å². The topological polar surface area (TPSA) is 36.4 Å². The summed E-state index contributed by atoms with van der Waals surface area (Å²) in [4.78, 5) is 21.1. The van der Waals surface area contributed by atoms with Crippen LogP contribution in [-0.2, 0) is 17.8 Å². The van der Waals surface area contributed by atoms with Gasteiger partial charge in [-0.2, -0.15) is 0 Å². The second-order valence-corrected chi connectivity index (χ2v) is 6.87. The molecule has 4 rings (SSSR count). The minimum Gasteiger partial charge on any atom is -0.340 e. The van der Waals surface area contributed by atoms with E-state index in [1.165, 1.54) is 16.3 Å². The van der Waals surface area contributed by atoms with Gasteiger partial charge in [0.05, 0.1) is 6.42 Å². The molecule has 0 N–H and O–H groups in total. The van der Waals surface area contributed by atoms with Crippen molar-refractivity contribution in [2.75, 3.05) is 26.2 Å². The predicted octanol–water partition coefficient (Wildman–Crippen LogP) is 3.12. The number of piperazine rings is 1. The third kappa shape index (κ3) is 3.92. The highest BCUT2D eigenvalue weighted by Crippen LogP contribution is 2.17. The fourth-order valence-corrected chi connectivity index (χ4v) is 3.54. The number of fused-ring (bicyclic) bond motifs is 1. The lowest BCUT2D eigenvalue weighted by molar-refractivity contribution is -0.132.